The number of aliphatic hydroxyl groups is 3. The molecule has 6 aliphatic rings. The summed E-state index contributed by atoms with van der Waals surface area (Å²) in [6.07, 6.45) is 3.93. The van der Waals surface area contributed by atoms with Gasteiger partial charge in [0.2, 0.25) is 0 Å². The molecule has 0 radical (unpaired) electrons. The largest absolute Gasteiger partial charge is 0.458 e. The highest BCUT2D eigenvalue weighted by Gasteiger charge is 2.71. The molecule has 2 aliphatic heterocycles. The molecule has 4 saturated carbocycles. The summed E-state index contributed by atoms with van der Waals surface area (Å²) in [4.78, 5) is 24.9. The molecule has 0 amide bonds. The fourth-order valence-electron chi connectivity index (χ4n) is 10.2. The molecular weight excluding hydrogens is 532 g/mol. The number of carbonyl (C=O) groups excluding carboxylic acids is 2. The van der Waals surface area contributed by atoms with Gasteiger partial charge >= 0.3 is 5.97 Å². The maximum atomic E-state index is 13.1. The molecule has 10 heteroatoms. The highest BCUT2D eigenvalue weighted by atomic mass is 16.7. The van der Waals surface area contributed by atoms with Gasteiger partial charge in [-0.3, -0.25) is 0 Å². The summed E-state index contributed by atoms with van der Waals surface area (Å²) in [6, 6.07) is 0. The molecule has 3 N–H and O–H groups in total. The van der Waals surface area contributed by atoms with Crippen LogP contribution in [0.4, 0.5) is 0 Å². The van der Waals surface area contributed by atoms with Crippen molar-refractivity contribution in [1.29, 1.82) is 0 Å². The van der Waals surface area contributed by atoms with E-state index in [1.807, 2.05) is 0 Å². The molecule has 4 aliphatic carbocycles. The van der Waals surface area contributed by atoms with E-state index in [0.29, 0.717) is 38.7 Å². The molecule has 0 aromatic carbocycles. The van der Waals surface area contributed by atoms with E-state index in [1.54, 1.807) is 13.0 Å². The molecule has 6 rings (SSSR count). The van der Waals surface area contributed by atoms with E-state index in [4.69, 9.17) is 23.7 Å². The van der Waals surface area contributed by atoms with E-state index in [1.165, 1.54) is 14.2 Å². The number of aliphatic hydroxyl groups excluding tert-OH is 1. The third kappa shape index (κ3) is 4.15. The Morgan fingerprint density at radius 1 is 1.00 bits per heavy atom. The Labute approximate surface area is 241 Å². The van der Waals surface area contributed by atoms with Crippen molar-refractivity contribution < 1.29 is 48.6 Å². The van der Waals surface area contributed by atoms with Gasteiger partial charge < -0.3 is 43.8 Å². The van der Waals surface area contributed by atoms with Crippen molar-refractivity contribution in [2.45, 2.75) is 120 Å². The first-order chi connectivity index (χ1) is 19.5. The number of aldehydes is 1. The normalized spacial score (nSPS) is 53.1. The van der Waals surface area contributed by atoms with Gasteiger partial charge in [-0.2, -0.15) is 0 Å². The summed E-state index contributed by atoms with van der Waals surface area (Å²) >= 11 is 0. The molecule has 10 nitrogen and oxygen atoms in total. The zero-order chi connectivity index (χ0) is 29.4. The van der Waals surface area contributed by atoms with Crippen LogP contribution in [0.1, 0.15) is 71.6 Å². The van der Waals surface area contributed by atoms with Gasteiger partial charge in [0.05, 0.1) is 28.8 Å². The second kappa shape index (κ2) is 10.4. The summed E-state index contributed by atoms with van der Waals surface area (Å²) in [6.45, 7) is 4.20. The molecule has 0 aromatic rings. The molecule has 0 spiro atoms. The number of esters is 1. The van der Waals surface area contributed by atoms with Gasteiger partial charge in [-0.05, 0) is 81.6 Å². The van der Waals surface area contributed by atoms with Crippen molar-refractivity contribution in [1.82, 2.24) is 0 Å². The molecule has 41 heavy (non-hydrogen) atoms. The number of cyclic esters (lactones) is 1. The summed E-state index contributed by atoms with van der Waals surface area (Å²) in [7, 11) is 3.04. The first-order valence-electron chi connectivity index (χ1n) is 15.3. The second-order valence-electron chi connectivity index (χ2n) is 13.8. The van der Waals surface area contributed by atoms with Gasteiger partial charge in [-0.1, -0.05) is 6.92 Å². The van der Waals surface area contributed by atoms with Crippen molar-refractivity contribution >= 4 is 12.3 Å². The lowest BCUT2D eigenvalue weighted by molar-refractivity contribution is -0.323. The first-order valence-corrected chi connectivity index (χ1v) is 15.3. The number of hydrogen-bond acceptors (Lipinski definition) is 10. The minimum Gasteiger partial charge on any atom is -0.458 e. The van der Waals surface area contributed by atoms with Gasteiger partial charge in [0, 0.05) is 32.1 Å². The van der Waals surface area contributed by atoms with Crippen molar-refractivity contribution in [3.63, 3.8) is 0 Å². The number of rotatable bonds is 6. The topological polar surface area (TPSA) is 141 Å². The molecule has 230 valence electrons. The van der Waals surface area contributed by atoms with E-state index < -0.39 is 52.7 Å². The SMILES string of the molecule is COC1C(OC2CC[C@]3(C=O)C4CC[C@]5(C)C(C6=CC(=O)OC6)CC[C@]5(O)[C@@H]4CC[C@]3(O)C2)OC(C)C(O)C1OC. The highest BCUT2D eigenvalue weighted by molar-refractivity contribution is 5.85. The fraction of sp³-hybridized carbons (Fsp3) is 0.871. The number of hydrogen-bond donors (Lipinski definition) is 3. The molecule has 8 unspecified atom stereocenters. The predicted molar refractivity (Wildman–Crippen MR) is 144 cm³/mol. The standard InChI is InChI=1S/C31H46O10/c1-17-24(34)25(37-3)26(38-4)27(40-17)41-19-5-10-29(16-32)21-6-9-28(2)20(18-13-23(33)39-15-18)8-12-31(28,36)22(21)7-11-30(29,35)14-19/h13,16-17,19-22,24-27,34-36H,5-12,14-15H2,1-4H3/t17?,19?,20?,21?,22-,24?,25?,26?,27?,28-,29+,30+,31+/m1/s1. The second-order valence-corrected chi connectivity index (χ2v) is 13.8. The highest BCUT2D eigenvalue weighted by Crippen LogP contribution is 2.70. The molecule has 1 saturated heterocycles. The van der Waals surface area contributed by atoms with Crippen LogP contribution < -0.4 is 0 Å². The van der Waals surface area contributed by atoms with Gasteiger partial charge in [-0.25, -0.2) is 4.79 Å². The third-order valence-electron chi connectivity index (χ3n) is 12.5. The van der Waals surface area contributed by atoms with Crippen LogP contribution in [0.3, 0.4) is 0 Å². The minimum absolute atomic E-state index is 0.0677. The molecule has 0 aromatic heterocycles. The van der Waals surface area contributed by atoms with Crippen LogP contribution in [0, 0.1) is 28.6 Å². The van der Waals surface area contributed by atoms with Gasteiger partial charge in [0.15, 0.2) is 6.29 Å². The van der Waals surface area contributed by atoms with Crippen LogP contribution in [-0.2, 0) is 33.3 Å². The average molecular weight is 579 g/mol. The van der Waals surface area contributed by atoms with E-state index >= 15 is 0 Å². The van der Waals surface area contributed by atoms with Crippen LogP contribution in [0.25, 0.3) is 0 Å². The number of fused-ring (bicyclic) bond motifs is 5. The summed E-state index contributed by atoms with van der Waals surface area (Å²) in [5, 5.41) is 35.2. The lowest BCUT2D eigenvalue weighted by Crippen LogP contribution is -2.69. The Bertz CT molecular complexity index is 1080. The number of ether oxygens (including phenoxy) is 5. The lowest BCUT2D eigenvalue weighted by atomic mass is 9.41. The Morgan fingerprint density at radius 3 is 2.39 bits per heavy atom. The van der Waals surface area contributed by atoms with Crippen LogP contribution in [-0.4, -0.2) is 96.4 Å². The van der Waals surface area contributed by atoms with Gasteiger partial charge in [0.25, 0.3) is 0 Å². The van der Waals surface area contributed by atoms with Crippen LogP contribution in [0.5, 0.6) is 0 Å². The monoisotopic (exact) mass is 578 g/mol. The molecular formula is C31H46O10. The number of methoxy groups -OCH3 is 2. The zero-order valence-electron chi connectivity index (χ0n) is 24.6. The Balaban J connectivity index is 1.22. The third-order valence-corrected chi connectivity index (χ3v) is 12.5. The molecule has 5 fully saturated rings. The van der Waals surface area contributed by atoms with Crippen LogP contribution in [0.2, 0.25) is 0 Å². The van der Waals surface area contributed by atoms with Crippen molar-refractivity contribution in [3.8, 4) is 0 Å². The number of carbonyl (C=O) groups is 2. The maximum Gasteiger partial charge on any atom is 0.331 e. The smallest absolute Gasteiger partial charge is 0.331 e. The van der Waals surface area contributed by atoms with E-state index in [9.17, 15) is 24.9 Å². The summed E-state index contributed by atoms with van der Waals surface area (Å²) in [5.41, 5.74) is -2.66. The first kappa shape index (κ1) is 29.7. The van der Waals surface area contributed by atoms with Gasteiger partial charge in [-0.15, -0.1) is 0 Å². The molecule has 2 heterocycles. The van der Waals surface area contributed by atoms with Crippen molar-refractivity contribution in [2.24, 2.45) is 28.6 Å². The maximum absolute atomic E-state index is 13.1. The summed E-state index contributed by atoms with van der Waals surface area (Å²) < 4.78 is 28.7. The average Bonchev–Trinajstić information content (AvgIpc) is 3.49. The Hall–Kier alpha value is -1.40. The van der Waals surface area contributed by atoms with Crippen LogP contribution in [0.15, 0.2) is 11.6 Å². The van der Waals surface area contributed by atoms with Gasteiger partial charge in [0.1, 0.15) is 31.2 Å². The Kier molecular flexibility index (Phi) is 7.49. The van der Waals surface area contributed by atoms with E-state index in [-0.39, 0.29) is 36.2 Å². The minimum atomic E-state index is -1.27. The van der Waals surface area contributed by atoms with E-state index in [2.05, 4.69) is 6.92 Å². The lowest BCUT2D eigenvalue weighted by Gasteiger charge is -2.65. The Morgan fingerprint density at radius 2 is 1.73 bits per heavy atom. The fourth-order valence-corrected chi connectivity index (χ4v) is 10.2. The van der Waals surface area contributed by atoms with Crippen molar-refractivity contribution in [2.75, 3.05) is 20.8 Å². The molecule has 13 atom stereocenters. The van der Waals surface area contributed by atoms with Crippen LogP contribution >= 0.6 is 0 Å². The van der Waals surface area contributed by atoms with Crippen molar-refractivity contribution in [3.05, 3.63) is 11.6 Å². The predicted octanol–water partition coefficient (Wildman–Crippen LogP) is 2.06. The quantitative estimate of drug-likeness (QED) is 0.244. The summed E-state index contributed by atoms with van der Waals surface area (Å²) in [5.74, 6) is -0.499. The molecule has 0 bridgehead atoms. The zero-order valence-corrected chi connectivity index (χ0v) is 24.6. The van der Waals surface area contributed by atoms with E-state index in [0.717, 1.165) is 31.1 Å².